The first-order chi connectivity index (χ1) is 8.16. The maximum Gasteiger partial charge on any atom is 0.371 e. The summed E-state index contributed by atoms with van der Waals surface area (Å²) < 4.78 is 5.21. The van der Waals surface area contributed by atoms with E-state index in [9.17, 15) is 4.79 Å². The number of furan rings is 1. The summed E-state index contributed by atoms with van der Waals surface area (Å²) in [5, 5.41) is 12.2. The Balaban J connectivity index is 2.04. The Labute approximate surface area is 100 Å². The van der Waals surface area contributed by atoms with Crippen molar-refractivity contribution >= 4 is 5.97 Å². The summed E-state index contributed by atoms with van der Waals surface area (Å²) in [6, 6.07) is 1.63. The van der Waals surface area contributed by atoms with E-state index in [1.54, 1.807) is 6.07 Å². The van der Waals surface area contributed by atoms with E-state index in [0.717, 1.165) is 44.7 Å². The Kier molecular flexibility index (Phi) is 3.81. The third-order valence-electron chi connectivity index (χ3n) is 3.06. The van der Waals surface area contributed by atoms with Crippen molar-refractivity contribution in [1.82, 2.24) is 10.2 Å². The van der Waals surface area contributed by atoms with Gasteiger partial charge in [-0.3, -0.25) is 4.90 Å². The molecule has 1 aliphatic rings. The summed E-state index contributed by atoms with van der Waals surface area (Å²) >= 11 is 0. The van der Waals surface area contributed by atoms with Gasteiger partial charge >= 0.3 is 5.97 Å². The van der Waals surface area contributed by atoms with Crippen molar-refractivity contribution in [1.29, 1.82) is 0 Å². The number of aromatic carboxylic acids is 1. The minimum absolute atomic E-state index is 0.0328. The molecule has 0 atom stereocenters. The Hall–Kier alpha value is -1.33. The molecule has 17 heavy (non-hydrogen) atoms. The summed E-state index contributed by atoms with van der Waals surface area (Å²) in [6.45, 7) is 6.67. The van der Waals surface area contributed by atoms with Gasteiger partial charge in [0.05, 0.1) is 0 Å². The summed E-state index contributed by atoms with van der Waals surface area (Å²) in [5.41, 5.74) is 0.976. The zero-order valence-electron chi connectivity index (χ0n) is 10.0. The van der Waals surface area contributed by atoms with Crippen LogP contribution in [0, 0.1) is 6.92 Å². The third-order valence-corrected chi connectivity index (χ3v) is 3.06. The number of carboxylic acids is 1. The van der Waals surface area contributed by atoms with E-state index in [2.05, 4.69) is 10.2 Å². The molecule has 1 saturated heterocycles. The van der Waals surface area contributed by atoms with Crippen LogP contribution in [0.2, 0.25) is 0 Å². The number of hydrogen-bond acceptors (Lipinski definition) is 4. The van der Waals surface area contributed by atoms with Crippen LogP contribution in [0.1, 0.15) is 28.3 Å². The summed E-state index contributed by atoms with van der Waals surface area (Å²) in [4.78, 5) is 13.1. The highest BCUT2D eigenvalue weighted by molar-refractivity contribution is 5.84. The quantitative estimate of drug-likeness (QED) is 0.825. The molecule has 0 saturated carbocycles. The SMILES string of the molecule is Cc1oc(C(=O)O)cc1CN1CCCNCC1. The van der Waals surface area contributed by atoms with Crippen molar-refractivity contribution < 1.29 is 14.3 Å². The Morgan fingerprint density at radius 1 is 1.53 bits per heavy atom. The van der Waals surface area contributed by atoms with Crippen LogP contribution < -0.4 is 5.32 Å². The fourth-order valence-corrected chi connectivity index (χ4v) is 2.08. The molecule has 0 unspecified atom stereocenters. The fraction of sp³-hybridized carbons (Fsp3) is 0.583. The van der Waals surface area contributed by atoms with Crippen molar-refractivity contribution in [3.05, 3.63) is 23.2 Å². The normalized spacial score (nSPS) is 17.9. The number of aryl methyl sites for hydroxylation is 1. The lowest BCUT2D eigenvalue weighted by Crippen LogP contribution is -2.27. The number of carboxylic acid groups (broad SMARTS) is 1. The monoisotopic (exact) mass is 238 g/mol. The number of carbonyl (C=O) groups is 1. The molecule has 0 radical (unpaired) electrons. The minimum atomic E-state index is -1.00. The van der Waals surface area contributed by atoms with Crippen LogP contribution in [0.25, 0.3) is 0 Å². The predicted molar refractivity (Wildman–Crippen MR) is 63.2 cm³/mol. The molecule has 1 aromatic heterocycles. The molecule has 5 nitrogen and oxygen atoms in total. The molecule has 94 valence electrons. The molecule has 1 aliphatic heterocycles. The Morgan fingerprint density at radius 2 is 2.35 bits per heavy atom. The average molecular weight is 238 g/mol. The highest BCUT2D eigenvalue weighted by Gasteiger charge is 2.16. The van der Waals surface area contributed by atoms with Crippen LogP contribution >= 0.6 is 0 Å². The summed E-state index contributed by atoms with van der Waals surface area (Å²) in [7, 11) is 0. The van der Waals surface area contributed by atoms with Crippen LogP contribution in [-0.2, 0) is 6.54 Å². The Bertz CT molecular complexity index is 392. The first-order valence-corrected chi connectivity index (χ1v) is 5.92. The van der Waals surface area contributed by atoms with Gasteiger partial charge in [0.15, 0.2) is 0 Å². The lowest BCUT2D eigenvalue weighted by atomic mass is 10.2. The molecule has 1 fully saturated rings. The molecule has 1 aromatic rings. The van der Waals surface area contributed by atoms with E-state index < -0.39 is 5.97 Å². The van der Waals surface area contributed by atoms with Gasteiger partial charge in [0, 0.05) is 25.2 Å². The second-order valence-electron chi connectivity index (χ2n) is 4.38. The lowest BCUT2D eigenvalue weighted by molar-refractivity contribution is 0.0661. The van der Waals surface area contributed by atoms with Gasteiger partial charge in [-0.2, -0.15) is 0 Å². The van der Waals surface area contributed by atoms with E-state index in [1.165, 1.54) is 0 Å². The molecule has 2 N–H and O–H groups in total. The smallest absolute Gasteiger partial charge is 0.371 e. The standard InChI is InChI=1S/C12H18N2O3/c1-9-10(7-11(17-9)12(15)16)8-14-5-2-3-13-4-6-14/h7,13H,2-6,8H2,1H3,(H,15,16). The maximum absolute atomic E-state index is 10.8. The highest BCUT2D eigenvalue weighted by atomic mass is 16.4. The molecule has 0 aliphatic carbocycles. The fourth-order valence-electron chi connectivity index (χ4n) is 2.08. The second-order valence-corrected chi connectivity index (χ2v) is 4.38. The van der Waals surface area contributed by atoms with Gasteiger partial charge in [0.25, 0.3) is 0 Å². The molecule has 0 aromatic carbocycles. The predicted octanol–water partition coefficient (Wildman–Crippen LogP) is 1.08. The van der Waals surface area contributed by atoms with Crippen molar-refractivity contribution in [2.75, 3.05) is 26.2 Å². The number of hydrogen-bond donors (Lipinski definition) is 2. The van der Waals surface area contributed by atoms with Crippen molar-refractivity contribution in [2.45, 2.75) is 19.9 Å². The van der Waals surface area contributed by atoms with E-state index in [1.807, 2.05) is 6.92 Å². The summed E-state index contributed by atoms with van der Waals surface area (Å²) in [6.07, 6.45) is 1.13. The van der Waals surface area contributed by atoms with Crippen LogP contribution in [0.5, 0.6) is 0 Å². The largest absolute Gasteiger partial charge is 0.475 e. The van der Waals surface area contributed by atoms with Crippen LogP contribution in [0.3, 0.4) is 0 Å². The molecule has 2 heterocycles. The molecular formula is C12H18N2O3. The Morgan fingerprint density at radius 3 is 3.06 bits per heavy atom. The van der Waals surface area contributed by atoms with Gasteiger partial charge in [-0.25, -0.2) is 4.79 Å². The van der Waals surface area contributed by atoms with Gasteiger partial charge in [-0.1, -0.05) is 0 Å². The zero-order chi connectivity index (χ0) is 12.3. The highest BCUT2D eigenvalue weighted by Crippen LogP contribution is 2.17. The zero-order valence-corrected chi connectivity index (χ0v) is 10.0. The number of rotatable bonds is 3. The first kappa shape index (κ1) is 12.1. The first-order valence-electron chi connectivity index (χ1n) is 5.92. The number of nitrogens with zero attached hydrogens (tertiary/aromatic N) is 1. The maximum atomic E-state index is 10.8. The van der Waals surface area contributed by atoms with Gasteiger partial charge in [0.1, 0.15) is 5.76 Å². The molecule has 5 heteroatoms. The molecule has 0 amide bonds. The average Bonchev–Trinajstić information content (AvgIpc) is 2.52. The second kappa shape index (κ2) is 5.33. The topological polar surface area (TPSA) is 65.7 Å². The van der Waals surface area contributed by atoms with Crippen LogP contribution in [0.15, 0.2) is 10.5 Å². The van der Waals surface area contributed by atoms with Gasteiger partial charge < -0.3 is 14.8 Å². The van der Waals surface area contributed by atoms with Crippen molar-refractivity contribution in [3.63, 3.8) is 0 Å². The lowest BCUT2D eigenvalue weighted by Gasteiger charge is -2.18. The van der Waals surface area contributed by atoms with E-state index >= 15 is 0 Å². The van der Waals surface area contributed by atoms with E-state index in [0.29, 0.717) is 5.76 Å². The minimum Gasteiger partial charge on any atom is -0.475 e. The van der Waals surface area contributed by atoms with Crippen LogP contribution in [-0.4, -0.2) is 42.2 Å². The van der Waals surface area contributed by atoms with E-state index in [4.69, 9.17) is 9.52 Å². The van der Waals surface area contributed by atoms with Gasteiger partial charge in [-0.15, -0.1) is 0 Å². The summed E-state index contributed by atoms with van der Waals surface area (Å²) in [5.74, 6) is -0.262. The van der Waals surface area contributed by atoms with Crippen LogP contribution in [0.4, 0.5) is 0 Å². The molecule has 0 bridgehead atoms. The molecular weight excluding hydrogens is 220 g/mol. The molecule has 0 spiro atoms. The van der Waals surface area contributed by atoms with Crippen molar-refractivity contribution in [2.24, 2.45) is 0 Å². The van der Waals surface area contributed by atoms with Crippen molar-refractivity contribution in [3.8, 4) is 0 Å². The molecule has 2 rings (SSSR count). The van der Waals surface area contributed by atoms with E-state index in [-0.39, 0.29) is 5.76 Å². The van der Waals surface area contributed by atoms with Gasteiger partial charge in [-0.05, 0) is 32.5 Å². The number of nitrogens with one attached hydrogen (secondary N) is 1. The third kappa shape index (κ3) is 3.08. The van der Waals surface area contributed by atoms with Gasteiger partial charge in [0.2, 0.25) is 5.76 Å².